The molecule has 1 aliphatic heterocycles. The smallest absolute Gasteiger partial charge is 0.241 e. The summed E-state index contributed by atoms with van der Waals surface area (Å²) < 4.78 is 18.1. The van der Waals surface area contributed by atoms with Crippen molar-refractivity contribution >= 4 is 12.4 Å². The maximum atomic E-state index is 12.9. The maximum Gasteiger partial charge on any atom is 0.241 e. The molecule has 3 rings (SSSR count). The maximum absolute atomic E-state index is 12.9. The normalized spacial score (nSPS) is 19.2. The second-order valence-electron chi connectivity index (χ2n) is 5.16. The molecule has 1 fully saturated rings. The van der Waals surface area contributed by atoms with Gasteiger partial charge in [-0.3, -0.25) is 4.90 Å². The predicted molar refractivity (Wildman–Crippen MR) is 79.4 cm³/mol. The van der Waals surface area contributed by atoms with Crippen LogP contribution in [0.2, 0.25) is 0 Å². The minimum Gasteiger partial charge on any atom is -0.338 e. The van der Waals surface area contributed by atoms with Gasteiger partial charge >= 0.3 is 0 Å². The van der Waals surface area contributed by atoms with Gasteiger partial charge in [-0.1, -0.05) is 5.16 Å². The van der Waals surface area contributed by atoms with Gasteiger partial charge in [-0.25, -0.2) is 4.39 Å². The Bertz CT molecular complexity index is 575. The van der Waals surface area contributed by atoms with Crippen LogP contribution in [-0.4, -0.2) is 34.2 Å². The van der Waals surface area contributed by atoms with Crippen molar-refractivity contribution in [3.63, 3.8) is 0 Å². The molecule has 2 aromatic rings. The van der Waals surface area contributed by atoms with Crippen molar-refractivity contribution in [3.8, 4) is 11.4 Å². The molecule has 0 radical (unpaired) electrons. The summed E-state index contributed by atoms with van der Waals surface area (Å²) in [7, 11) is 0. The van der Waals surface area contributed by atoms with Gasteiger partial charge in [0.1, 0.15) is 5.82 Å². The fourth-order valence-corrected chi connectivity index (χ4v) is 2.46. The average Bonchev–Trinajstić information content (AvgIpc) is 2.88. The zero-order chi connectivity index (χ0) is 13.9. The van der Waals surface area contributed by atoms with Gasteiger partial charge in [-0.2, -0.15) is 4.98 Å². The Morgan fingerprint density at radius 1 is 1.33 bits per heavy atom. The molecule has 0 spiro atoms. The topological polar surface area (TPSA) is 68.2 Å². The minimum atomic E-state index is -0.278. The first kappa shape index (κ1) is 15.9. The molecule has 1 atom stereocenters. The SMILES string of the molecule is Cl.NC1CCCN(Cc2nc(-c3ccc(F)cc3)no2)C1. The van der Waals surface area contributed by atoms with E-state index in [-0.39, 0.29) is 24.3 Å². The van der Waals surface area contributed by atoms with E-state index >= 15 is 0 Å². The zero-order valence-corrected chi connectivity index (χ0v) is 12.4. The molecule has 2 N–H and O–H groups in total. The molecule has 0 amide bonds. The van der Waals surface area contributed by atoms with Crippen LogP contribution in [0.1, 0.15) is 18.7 Å². The van der Waals surface area contributed by atoms with Gasteiger partial charge in [0.2, 0.25) is 11.7 Å². The van der Waals surface area contributed by atoms with Crippen molar-refractivity contribution < 1.29 is 8.91 Å². The summed E-state index contributed by atoms with van der Waals surface area (Å²) in [5.74, 6) is 0.777. The lowest BCUT2D eigenvalue weighted by Crippen LogP contribution is -2.42. The summed E-state index contributed by atoms with van der Waals surface area (Å²) >= 11 is 0. The van der Waals surface area contributed by atoms with Gasteiger partial charge in [0.25, 0.3) is 0 Å². The summed E-state index contributed by atoms with van der Waals surface area (Å²) in [6, 6.07) is 6.27. The van der Waals surface area contributed by atoms with E-state index in [9.17, 15) is 4.39 Å². The third-order valence-electron chi connectivity index (χ3n) is 3.47. The highest BCUT2D eigenvalue weighted by Crippen LogP contribution is 2.17. The van der Waals surface area contributed by atoms with E-state index in [1.165, 1.54) is 12.1 Å². The molecule has 114 valence electrons. The Morgan fingerprint density at radius 2 is 2.10 bits per heavy atom. The molecule has 5 nitrogen and oxygen atoms in total. The fraction of sp³-hybridized carbons (Fsp3) is 0.429. The van der Waals surface area contributed by atoms with Crippen LogP contribution in [0, 0.1) is 5.82 Å². The summed E-state index contributed by atoms with van der Waals surface area (Å²) in [4.78, 5) is 6.56. The monoisotopic (exact) mass is 312 g/mol. The van der Waals surface area contributed by atoms with Gasteiger partial charge in [0.05, 0.1) is 6.54 Å². The van der Waals surface area contributed by atoms with Crippen LogP contribution >= 0.6 is 12.4 Å². The van der Waals surface area contributed by atoms with E-state index in [2.05, 4.69) is 15.0 Å². The van der Waals surface area contributed by atoms with Crippen molar-refractivity contribution in [1.82, 2.24) is 15.0 Å². The quantitative estimate of drug-likeness (QED) is 0.941. The van der Waals surface area contributed by atoms with E-state index in [1.54, 1.807) is 12.1 Å². The fourth-order valence-electron chi connectivity index (χ4n) is 2.46. The third-order valence-corrected chi connectivity index (χ3v) is 3.47. The summed E-state index contributed by atoms with van der Waals surface area (Å²) in [5.41, 5.74) is 6.69. The number of nitrogens with zero attached hydrogens (tertiary/aromatic N) is 3. The first-order chi connectivity index (χ1) is 9.70. The molecule has 1 unspecified atom stereocenters. The summed E-state index contributed by atoms with van der Waals surface area (Å²) in [5, 5.41) is 3.93. The van der Waals surface area contributed by atoms with Crippen LogP contribution in [0.4, 0.5) is 4.39 Å². The number of rotatable bonds is 3. The largest absolute Gasteiger partial charge is 0.338 e. The highest BCUT2D eigenvalue weighted by atomic mass is 35.5. The lowest BCUT2D eigenvalue weighted by atomic mass is 10.1. The average molecular weight is 313 g/mol. The Labute approximate surface area is 128 Å². The summed E-state index contributed by atoms with van der Waals surface area (Å²) in [6.07, 6.45) is 2.17. The van der Waals surface area contributed by atoms with E-state index in [1.807, 2.05) is 0 Å². The van der Waals surface area contributed by atoms with Crippen LogP contribution in [0.15, 0.2) is 28.8 Å². The minimum absolute atomic E-state index is 0. The van der Waals surface area contributed by atoms with Crippen molar-refractivity contribution in [2.24, 2.45) is 5.73 Å². The van der Waals surface area contributed by atoms with E-state index in [0.717, 1.165) is 31.5 Å². The third kappa shape index (κ3) is 4.00. The first-order valence-corrected chi connectivity index (χ1v) is 6.77. The molecule has 0 saturated carbocycles. The number of hydrogen-bond donors (Lipinski definition) is 1. The Hall–Kier alpha value is -1.50. The first-order valence-electron chi connectivity index (χ1n) is 6.77. The molecule has 7 heteroatoms. The number of halogens is 2. The predicted octanol–water partition coefficient (Wildman–Crippen LogP) is 2.22. The molecule has 1 aliphatic rings. The lowest BCUT2D eigenvalue weighted by molar-refractivity contribution is 0.178. The van der Waals surface area contributed by atoms with Crippen molar-refractivity contribution in [2.45, 2.75) is 25.4 Å². The second-order valence-corrected chi connectivity index (χ2v) is 5.16. The molecule has 2 heterocycles. The van der Waals surface area contributed by atoms with Crippen molar-refractivity contribution in [2.75, 3.05) is 13.1 Å². The standard InChI is InChI=1S/C14H17FN4O.ClH/c15-11-5-3-10(4-6-11)14-17-13(20-18-14)9-19-7-1-2-12(16)8-19;/h3-6,12H,1-2,7-9,16H2;1H. The molecule has 1 aromatic heterocycles. The second kappa shape index (κ2) is 6.98. The van der Waals surface area contributed by atoms with Gasteiger partial charge < -0.3 is 10.3 Å². The molecule has 21 heavy (non-hydrogen) atoms. The molecule has 0 aliphatic carbocycles. The number of piperidine rings is 1. The summed E-state index contributed by atoms with van der Waals surface area (Å²) in [6.45, 7) is 2.47. The molecule has 1 aromatic carbocycles. The molecular formula is C14H18ClFN4O. The highest BCUT2D eigenvalue weighted by Gasteiger charge is 2.19. The Balaban J connectivity index is 0.00000161. The Kier molecular flexibility index (Phi) is 5.27. The van der Waals surface area contributed by atoms with Gasteiger partial charge in [-0.05, 0) is 43.7 Å². The van der Waals surface area contributed by atoms with Gasteiger partial charge in [0.15, 0.2) is 0 Å². The molecule has 1 saturated heterocycles. The highest BCUT2D eigenvalue weighted by molar-refractivity contribution is 5.85. The number of aromatic nitrogens is 2. The van der Waals surface area contributed by atoms with Crippen LogP contribution in [0.25, 0.3) is 11.4 Å². The number of hydrogen-bond acceptors (Lipinski definition) is 5. The van der Waals surface area contributed by atoms with Crippen LogP contribution in [-0.2, 0) is 6.54 Å². The van der Waals surface area contributed by atoms with Crippen LogP contribution in [0.5, 0.6) is 0 Å². The van der Waals surface area contributed by atoms with Gasteiger partial charge in [0, 0.05) is 18.2 Å². The van der Waals surface area contributed by atoms with Crippen LogP contribution < -0.4 is 5.73 Å². The van der Waals surface area contributed by atoms with Gasteiger partial charge in [-0.15, -0.1) is 12.4 Å². The number of benzene rings is 1. The van der Waals surface area contributed by atoms with Crippen LogP contribution in [0.3, 0.4) is 0 Å². The van der Waals surface area contributed by atoms with E-state index < -0.39 is 0 Å². The number of nitrogens with two attached hydrogens (primary N) is 1. The van der Waals surface area contributed by atoms with Crippen molar-refractivity contribution in [1.29, 1.82) is 0 Å². The number of likely N-dealkylation sites (tertiary alicyclic amines) is 1. The lowest BCUT2D eigenvalue weighted by Gasteiger charge is -2.29. The molecule has 0 bridgehead atoms. The van der Waals surface area contributed by atoms with E-state index in [0.29, 0.717) is 18.3 Å². The van der Waals surface area contributed by atoms with Crippen molar-refractivity contribution in [3.05, 3.63) is 36.0 Å². The molecular weight excluding hydrogens is 295 g/mol. The Morgan fingerprint density at radius 3 is 2.81 bits per heavy atom. The zero-order valence-electron chi connectivity index (χ0n) is 11.5. The van der Waals surface area contributed by atoms with E-state index in [4.69, 9.17) is 10.3 Å².